The number of hydrogen-bond acceptors (Lipinski definition) is 5. The lowest BCUT2D eigenvalue weighted by Crippen LogP contribution is -2.39. The molecule has 35 heavy (non-hydrogen) atoms. The lowest BCUT2D eigenvalue weighted by atomic mass is 10.1. The first-order valence-corrected chi connectivity index (χ1v) is 12.3. The number of rotatable bonds is 9. The third-order valence-electron chi connectivity index (χ3n) is 5.31. The first kappa shape index (κ1) is 25.8. The highest BCUT2D eigenvalue weighted by Crippen LogP contribution is 2.26. The molecule has 0 bridgehead atoms. The van der Waals surface area contributed by atoms with Crippen LogP contribution in [0.2, 0.25) is 0 Å². The van der Waals surface area contributed by atoms with E-state index in [1.807, 2.05) is 13.0 Å². The summed E-state index contributed by atoms with van der Waals surface area (Å²) in [5, 5.41) is 13.1. The van der Waals surface area contributed by atoms with Crippen molar-refractivity contribution in [2.45, 2.75) is 32.2 Å². The van der Waals surface area contributed by atoms with E-state index >= 15 is 0 Å². The Morgan fingerprint density at radius 2 is 1.57 bits per heavy atom. The van der Waals surface area contributed by atoms with Gasteiger partial charge in [-0.1, -0.05) is 66.2 Å². The highest BCUT2D eigenvalue weighted by Gasteiger charge is 2.30. The highest BCUT2D eigenvalue weighted by atomic mass is 32.2. The normalized spacial score (nSPS) is 11.7. The third kappa shape index (κ3) is 6.40. The lowest BCUT2D eigenvalue weighted by Gasteiger charge is -2.24. The number of hydrazone groups is 1. The summed E-state index contributed by atoms with van der Waals surface area (Å²) in [5.41, 5.74) is 5.52. The van der Waals surface area contributed by atoms with Crippen LogP contribution in [0.25, 0.3) is 0 Å². The number of amides is 1. The number of carboxylic acids is 1. The quantitative estimate of drug-likeness (QED) is 0.349. The van der Waals surface area contributed by atoms with Crippen molar-refractivity contribution in [3.05, 3.63) is 100 Å². The maximum atomic E-state index is 13.7. The zero-order valence-electron chi connectivity index (χ0n) is 19.7. The van der Waals surface area contributed by atoms with Crippen molar-refractivity contribution >= 4 is 28.1 Å². The number of carboxylic acid groups (broad SMARTS) is 1. The van der Waals surface area contributed by atoms with E-state index in [4.69, 9.17) is 0 Å². The summed E-state index contributed by atoms with van der Waals surface area (Å²) >= 11 is 0. The minimum atomic E-state index is -4.02. The summed E-state index contributed by atoms with van der Waals surface area (Å²) < 4.78 is 28.5. The summed E-state index contributed by atoms with van der Waals surface area (Å²) in [6.45, 7) is 4.89. The Balaban J connectivity index is 1.87. The van der Waals surface area contributed by atoms with Crippen molar-refractivity contribution in [1.29, 1.82) is 0 Å². The van der Waals surface area contributed by atoms with Gasteiger partial charge in [-0.25, -0.2) is 18.6 Å². The molecule has 182 valence electrons. The van der Waals surface area contributed by atoms with Gasteiger partial charge in [-0.05, 0) is 43.5 Å². The molecule has 0 aliphatic carbocycles. The van der Waals surface area contributed by atoms with E-state index in [1.165, 1.54) is 12.3 Å². The SMILES string of the molecule is Cc1cc(C)c(S(=O)(=O)N(CC(=O)N/N=C/c2ccccc2C(=O)O)Cc2ccccc2)c(C)c1. The average molecular weight is 494 g/mol. The number of hydrogen-bond donors (Lipinski definition) is 2. The Morgan fingerprint density at radius 1 is 0.971 bits per heavy atom. The van der Waals surface area contributed by atoms with Crippen LogP contribution in [0.15, 0.2) is 76.7 Å². The van der Waals surface area contributed by atoms with Crippen LogP contribution in [0.5, 0.6) is 0 Å². The molecule has 0 spiro atoms. The molecule has 0 aliphatic heterocycles. The molecule has 9 heteroatoms. The standard InChI is InChI=1S/C26H27N3O5S/c1-18-13-19(2)25(20(3)14-18)35(33,34)29(16-21-9-5-4-6-10-21)17-24(30)28-27-15-22-11-7-8-12-23(22)26(31)32/h4-15H,16-17H2,1-3H3,(H,28,30)(H,31,32)/b27-15+. The smallest absolute Gasteiger partial charge is 0.336 e. The van der Waals surface area contributed by atoms with E-state index in [-0.39, 0.29) is 17.0 Å². The van der Waals surface area contributed by atoms with E-state index < -0.39 is 28.4 Å². The van der Waals surface area contributed by atoms with Gasteiger partial charge in [0.2, 0.25) is 10.0 Å². The molecule has 2 N–H and O–H groups in total. The van der Waals surface area contributed by atoms with Gasteiger partial charge >= 0.3 is 5.97 Å². The Hall–Kier alpha value is -3.82. The number of benzene rings is 3. The molecule has 0 unspecified atom stereocenters. The minimum absolute atomic E-state index is 0.00505. The van der Waals surface area contributed by atoms with Crippen LogP contribution in [0.3, 0.4) is 0 Å². The average Bonchev–Trinajstić information content (AvgIpc) is 2.78. The summed E-state index contributed by atoms with van der Waals surface area (Å²) in [7, 11) is -4.02. The zero-order valence-corrected chi connectivity index (χ0v) is 20.5. The molecule has 0 fully saturated rings. The zero-order chi connectivity index (χ0) is 25.6. The van der Waals surface area contributed by atoms with E-state index in [0.29, 0.717) is 16.7 Å². The lowest BCUT2D eigenvalue weighted by molar-refractivity contribution is -0.121. The van der Waals surface area contributed by atoms with E-state index in [0.717, 1.165) is 15.4 Å². The van der Waals surface area contributed by atoms with Gasteiger partial charge in [-0.3, -0.25) is 4.79 Å². The second-order valence-electron chi connectivity index (χ2n) is 8.17. The van der Waals surface area contributed by atoms with Crippen LogP contribution in [0.4, 0.5) is 0 Å². The fraction of sp³-hybridized carbons (Fsp3) is 0.192. The molecule has 0 radical (unpaired) electrons. The Morgan fingerprint density at radius 3 is 2.20 bits per heavy atom. The van der Waals surface area contributed by atoms with Crippen LogP contribution in [-0.4, -0.2) is 42.5 Å². The monoisotopic (exact) mass is 493 g/mol. The molecule has 3 aromatic carbocycles. The third-order valence-corrected chi connectivity index (χ3v) is 7.41. The molecule has 0 saturated heterocycles. The number of nitrogens with one attached hydrogen (secondary N) is 1. The topological polar surface area (TPSA) is 116 Å². The predicted molar refractivity (Wildman–Crippen MR) is 134 cm³/mol. The maximum absolute atomic E-state index is 13.7. The Kier molecular flexibility index (Phi) is 8.16. The van der Waals surface area contributed by atoms with Crippen molar-refractivity contribution in [3.63, 3.8) is 0 Å². The summed E-state index contributed by atoms with van der Waals surface area (Å²) in [4.78, 5) is 24.2. The van der Waals surface area contributed by atoms with Gasteiger partial charge in [0.1, 0.15) is 0 Å². The molecular formula is C26H27N3O5S. The van der Waals surface area contributed by atoms with Crippen molar-refractivity contribution in [3.8, 4) is 0 Å². The van der Waals surface area contributed by atoms with Gasteiger partial charge in [-0.2, -0.15) is 9.41 Å². The number of carbonyl (C=O) groups excluding carboxylic acids is 1. The van der Waals surface area contributed by atoms with E-state index in [1.54, 1.807) is 68.4 Å². The van der Waals surface area contributed by atoms with Crippen molar-refractivity contribution < 1.29 is 23.1 Å². The maximum Gasteiger partial charge on any atom is 0.336 e. The molecule has 1 amide bonds. The minimum Gasteiger partial charge on any atom is -0.478 e. The fourth-order valence-corrected chi connectivity index (χ4v) is 5.69. The first-order valence-electron chi connectivity index (χ1n) is 10.9. The van der Waals surface area contributed by atoms with Crippen molar-refractivity contribution in [1.82, 2.24) is 9.73 Å². The molecule has 0 heterocycles. The molecule has 8 nitrogen and oxygen atoms in total. The number of aromatic carboxylic acids is 1. The van der Waals surface area contributed by atoms with Crippen LogP contribution in [0.1, 0.15) is 38.2 Å². The molecule has 0 aliphatic rings. The number of carbonyl (C=O) groups is 2. The summed E-state index contributed by atoms with van der Waals surface area (Å²) in [6, 6.07) is 18.8. The van der Waals surface area contributed by atoms with E-state index in [2.05, 4.69) is 10.5 Å². The molecular weight excluding hydrogens is 466 g/mol. The van der Waals surface area contributed by atoms with Crippen LogP contribution in [-0.2, 0) is 21.4 Å². The van der Waals surface area contributed by atoms with Gasteiger partial charge in [-0.15, -0.1) is 0 Å². The molecule has 0 atom stereocenters. The van der Waals surface area contributed by atoms with Gasteiger partial charge in [0.25, 0.3) is 5.91 Å². The van der Waals surface area contributed by atoms with Gasteiger partial charge in [0.05, 0.1) is 23.2 Å². The molecule has 0 aromatic heterocycles. The Bertz CT molecular complexity index is 1350. The van der Waals surface area contributed by atoms with Gasteiger partial charge < -0.3 is 5.11 Å². The number of nitrogens with zero attached hydrogens (tertiary/aromatic N) is 2. The highest BCUT2D eigenvalue weighted by molar-refractivity contribution is 7.89. The van der Waals surface area contributed by atoms with Gasteiger partial charge in [0, 0.05) is 12.1 Å². The van der Waals surface area contributed by atoms with Crippen LogP contribution < -0.4 is 5.43 Å². The fourth-order valence-electron chi connectivity index (χ4n) is 3.89. The van der Waals surface area contributed by atoms with Crippen LogP contribution in [0, 0.1) is 20.8 Å². The predicted octanol–water partition coefficient (Wildman–Crippen LogP) is 3.65. The Labute approximate surface area is 205 Å². The summed E-state index contributed by atoms with van der Waals surface area (Å²) in [6.07, 6.45) is 1.21. The molecule has 0 saturated carbocycles. The first-order chi connectivity index (χ1) is 16.6. The van der Waals surface area contributed by atoms with Gasteiger partial charge in [0.15, 0.2) is 0 Å². The number of aryl methyl sites for hydroxylation is 3. The summed E-state index contributed by atoms with van der Waals surface area (Å²) in [5.74, 6) is -1.78. The second-order valence-corrected chi connectivity index (χ2v) is 10.0. The number of sulfonamides is 1. The largest absolute Gasteiger partial charge is 0.478 e. The van der Waals surface area contributed by atoms with Crippen LogP contribution >= 0.6 is 0 Å². The van der Waals surface area contributed by atoms with Crippen molar-refractivity contribution in [2.24, 2.45) is 5.10 Å². The molecule has 3 rings (SSSR count). The van der Waals surface area contributed by atoms with Crippen molar-refractivity contribution in [2.75, 3.05) is 6.54 Å². The molecule has 3 aromatic rings. The second kappa shape index (κ2) is 11.1. The van der Waals surface area contributed by atoms with E-state index in [9.17, 15) is 23.1 Å².